The molecule has 4 heteroatoms. The largest absolute Gasteiger partial charge is 0.393 e. The third-order valence-corrected chi connectivity index (χ3v) is 3.40. The Morgan fingerprint density at radius 1 is 1.38 bits per heavy atom. The average molecular weight is 248 g/mol. The first-order valence-corrected chi connectivity index (χ1v) is 6.76. The van der Waals surface area contributed by atoms with Crippen molar-refractivity contribution < 1.29 is 9.90 Å². The Balaban J connectivity index is 2.06. The van der Waals surface area contributed by atoms with Crippen molar-refractivity contribution in [2.24, 2.45) is 5.92 Å². The minimum Gasteiger partial charge on any atom is -0.393 e. The van der Waals surface area contributed by atoms with Crippen LogP contribution in [0.2, 0.25) is 0 Å². The average Bonchev–Trinajstić information content (AvgIpc) is 2.27. The van der Waals surface area contributed by atoms with Crippen LogP contribution in [-0.2, 0) is 4.79 Å². The van der Waals surface area contributed by atoms with Crippen LogP contribution in [0.4, 0.5) is 0 Å². The standard InChI is InChI=1S/C12H22ClNO2/c13-7-2-1-6-12(16)14-9-10-4-3-5-11(15)8-10/h10-11,15H,1-9H2,(H,14,16). The van der Waals surface area contributed by atoms with E-state index in [2.05, 4.69) is 5.32 Å². The van der Waals surface area contributed by atoms with E-state index >= 15 is 0 Å². The molecule has 1 rings (SSSR count). The fourth-order valence-electron chi connectivity index (χ4n) is 2.17. The van der Waals surface area contributed by atoms with Gasteiger partial charge in [0.15, 0.2) is 0 Å². The van der Waals surface area contributed by atoms with E-state index in [-0.39, 0.29) is 12.0 Å². The molecule has 0 radical (unpaired) electrons. The molecule has 3 nitrogen and oxygen atoms in total. The molecule has 1 amide bonds. The normalized spacial score (nSPS) is 25.4. The Hall–Kier alpha value is -0.280. The SMILES string of the molecule is O=C(CCCCCl)NCC1CCCC(O)C1. The highest BCUT2D eigenvalue weighted by Crippen LogP contribution is 2.23. The van der Waals surface area contributed by atoms with Crippen LogP contribution < -0.4 is 5.32 Å². The molecule has 0 saturated heterocycles. The summed E-state index contributed by atoms with van der Waals surface area (Å²) in [6.07, 6.45) is 6.13. The highest BCUT2D eigenvalue weighted by atomic mass is 35.5. The zero-order chi connectivity index (χ0) is 11.8. The maximum absolute atomic E-state index is 11.4. The molecular formula is C12H22ClNO2. The number of nitrogens with one attached hydrogen (secondary N) is 1. The van der Waals surface area contributed by atoms with E-state index in [1.165, 1.54) is 0 Å². The molecule has 0 spiro atoms. The van der Waals surface area contributed by atoms with Crippen LogP contribution in [0.15, 0.2) is 0 Å². The number of alkyl halides is 1. The van der Waals surface area contributed by atoms with Crippen molar-refractivity contribution in [2.45, 2.75) is 51.0 Å². The van der Waals surface area contributed by atoms with Gasteiger partial charge in [0.05, 0.1) is 6.10 Å². The summed E-state index contributed by atoms with van der Waals surface area (Å²) in [5.74, 6) is 1.20. The molecule has 0 aromatic rings. The van der Waals surface area contributed by atoms with E-state index in [1.54, 1.807) is 0 Å². The van der Waals surface area contributed by atoms with Gasteiger partial charge in [-0.1, -0.05) is 6.42 Å². The maximum Gasteiger partial charge on any atom is 0.220 e. The van der Waals surface area contributed by atoms with Crippen molar-refractivity contribution in [2.75, 3.05) is 12.4 Å². The number of carbonyl (C=O) groups is 1. The topological polar surface area (TPSA) is 49.3 Å². The van der Waals surface area contributed by atoms with E-state index in [4.69, 9.17) is 11.6 Å². The molecule has 1 aliphatic rings. The Labute approximate surface area is 103 Å². The molecule has 2 atom stereocenters. The molecular weight excluding hydrogens is 226 g/mol. The molecule has 0 heterocycles. The maximum atomic E-state index is 11.4. The molecule has 0 aromatic carbocycles. The molecule has 1 saturated carbocycles. The van der Waals surface area contributed by atoms with Crippen LogP contribution in [0, 0.1) is 5.92 Å². The summed E-state index contributed by atoms with van der Waals surface area (Å²) in [7, 11) is 0. The summed E-state index contributed by atoms with van der Waals surface area (Å²) in [6, 6.07) is 0. The fraction of sp³-hybridized carbons (Fsp3) is 0.917. The Kier molecular flexibility index (Phi) is 6.81. The first-order valence-electron chi connectivity index (χ1n) is 6.23. The van der Waals surface area contributed by atoms with Crippen LogP contribution in [-0.4, -0.2) is 29.5 Å². The lowest BCUT2D eigenvalue weighted by Gasteiger charge is -2.25. The molecule has 2 unspecified atom stereocenters. The quantitative estimate of drug-likeness (QED) is 0.558. The monoisotopic (exact) mass is 247 g/mol. The van der Waals surface area contributed by atoms with Crippen LogP contribution in [0.3, 0.4) is 0 Å². The van der Waals surface area contributed by atoms with Gasteiger partial charge in [-0.2, -0.15) is 0 Å². The molecule has 0 bridgehead atoms. The summed E-state index contributed by atoms with van der Waals surface area (Å²) < 4.78 is 0. The number of carbonyl (C=O) groups excluding carboxylic acids is 1. The number of hydrogen-bond acceptors (Lipinski definition) is 2. The summed E-state index contributed by atoms with van der Waals surface area (Å²) in [5.41, 5.74) is 0. The zero-order valence-corrected chi connectivity index (χ0v) is 10.5. The van der Waals surface area contributed by atoms with E-state index in [9.17, 15) is 9.90 Å². The smallest absolute Gasteiger partial charge is 0.220 e. The van der Waals surface area contributed by atoms with Gasteiger partial charge in [0, 0.05) is 18.8 Å². The van der Waals surface area contributed by atoms with Gasteiger partial charge in [-0.15, -0.1) is 11.6 Å². The van der Waals surface area contributed by atoms with Crippen LogP contribution in [0.5, 0.6) is 0 Å². The number of hydrogen-bond donors (Lipinski definition) is 2. The zero-order valence-electron chi connectivity index (χ0n) is 9.75. The Morgan fingerprint density at radius 3 is 2.88 bits per heavy atom. The number of halogens is 1. The highest BCUT2D eigenvalue weighted by molar-refractivity contribution is 6.17. The number of aliphatic hydroxyl groups is 1. The fourth-order valence-corrected chi connectivity index (χ4v) is 2.36. The third-order valence-electron chi connectivity index (χ3n) is 3.13. The van der Waals surface area contributed by atoms with Gasteiger partial charge >= 0.3 is 0 Å². The molecule has 94 valence electrons. The van der Waals surface area contributed by atoms with E-state index < -0.39 is 0 Å². The van der Waals surface area contributed by atoms with Crippen molar-refractivity contribution in [1.82, 2.24) is 5.32 Å². The number of amides is 1. The number of unbranched alkanes of at least 4 members (excludes halogenated alkanes) is 1. The predicted molar refractivity (Wildman–Crippen MR) is 65.5 cm³/mol. The lowest BCUT2D eigenvalue weighted by atomic mass is 9.87. The van der Waals surface area contributed by atoms with Gasteiger partial charge in [-0.3, -0.25) is 4.79 Å². The van der Waals surface area contributed by atoms with Gasteiger partial charge < -0.3 is 10.4 Å². The van der Waals surface area contributed by atoms with Crippen molar-refractivity contribution >= 4 is 17.5 Å². The van der Waals surface area contributed by atoms with E-state index in [0.29, 0.717) is 18.2 Å². The molecule has 0 aromatic heterocycles. The van der Waals surface area contributed by atoms with Gasteiger partial charge in [0.25, 0.3) is 0 Å². The first kappa shape index (κ1) is 13.8. The van der Waals surface area contributed by atoms with Crippen molar-refractivity contribution in [3.05, 3.63) is 0 Å². The third kappa shape index (κ3) is 5.71. The minimum absolute atomic E-state index is 0.116. The summed E-state index contributed by atoms with van der Waals surface area (Å²) >= 11 is 5.54. The van der Waals surface area contributed by atoms with E-state index in [1.807, 2.05) is 0 Å². The second kappa shape index (κ2) is 7.91. The highest BCUT2D eigenvalue weighted by Gasteiger charge is 2.20. The molecule has 16 heavy (non-hydrogen) atoms. The van der Waals surface area contributed by atoms with Crippen LogP contribution in [0.1, 0.15) is 44.9 Å². The molecule has 1 fully saturated rings. The van der Waals surface area contributed by atoms with Crippen molar-refractivity contribution in [3.8, 4) is 0 Å². The molecule has 0 aliphatic heterocycles. The first-order chi connectivity index (χ1) is 7.72. The van der Waals surface area contributed by atoms with Crippen LogP contribution >= 0.6 is 11.6 Å². The Morgan fingerprint density at radius 2 is 2.19 bits per heavy atom. The Bertz CT molecular complexity index is 211. The lowest BCUT2D eigenvalue weighted by molar-refractivity contribution is -0.121. The second-order valence-corrected chi connectivity index (χ2v) is 5.01. The minimum atomic E-state index is -0.160. The molecule has 1 aliphatic carbocycles. The number of aliphatic hydroxyl groups excluding tert-OH is 1. The van der Waals surface area contributed by atoms with Crippen LogP contribution in [0.25, 0.3) is 0 Å². The lowest BCUT2D eigenvalue weighted by Crippen LogP contribution is -2.32. The van der Waals surface area contributed by atoms with Crippen molar-refractivity contribution in [3.63, 3.8) is 0 Å². The van der Waals surface area contributed by atoms with Gasteiger partial charge in [-0.25, -0.2) is 0 Å². The van der Waals surface area contributed by atoms with Gasteiger partial charge in [0.2, 0.25) is 5.91 Å². The summed E-state index contributed by atoms with van der Waals surface area (Å²) in [5, 5.41) is 12.4. The molecule has 2 N–H and O–H groups in total. The summed E-state index contributed by atoms with van der Waals surface area (Å²) in [4.78, 5) is 11.4. The number of rotatable bonds is 6. The van der Waals surface area contributed by atoms with Crippen molar-refractivity contribution in [1.29, 1.82) is 0 Å². The second-order valence-electron chi connectivity index (χ2n) is 4.64. The van der Waals surface area contributed by atoms with E-state index in [0.717, 1.165) is 45.1 Å². The summed E-state index contributed by atoms with van der Waals surface area (Å²) in [6.45, 7) is 0.719. The predicted octanol–water partition coefficient (Wildman–Crippen LogP) is 2.06. The van der Waals surface area contributed by atoms with Gasteiger partial charge in [-0.05, 0) is 38.0 Å². The van der Waals surface area contributed by atoms with Gasteiger partial charge in [0.1, 0.15) is 0 Å².